The van der Waals surface area contributed by atoms with E-state index in [-0.39, 0.29) is 5.69 Å². The van der Waals surface area contributed by atoms with E-state index in [1.165, 1.54) is 0 Å². The summed E-state index contributed by atoms with van der Waals surface area (Å²) < 4.78 is 7.02. The molecule has 0 aromatic carbocycles. The number of carboxylic acids is 1. The number of carboxylic acid groups (broad SMARTS) is 1. The van der Waals surface area contributed by atoms with Crippen molar-refractivity contribution in [3.8, 4) is 0 Å². The second-order valence-corrected chi connectivity index (χ2v) is 5.02. The minimum absolute atomic E-state index is 0.231. The van der Waals surface area contributed by atoms with Crippen molar-refractivity contribution >= 4 is 17.3 Å². The maximum Gasteiger partial charge on any atom is 0.354 e. The molecule has 1 fully saturated rings. The third-order valence-electron chi connectivity index (χ3n) is 3.67. The Balaban J connectivity index is 2.15. The summed E-state index contributed by atoms with van der Waals surface area (Å²) in [5.41, 5.74) is 3.59. The van der Waals surface area contributed by atoms with Gasteiger partial charge in [-0.25, -0.2) is 9.78 Å². The second-order valence-electron chi connectivity index (χ2n) is 5.02. The predicted octanol–water partition coefficient (Wildman–Crippen LogP) is 1.49. The highest BCUT2D eigenvalue weighted by Gasteiger charge is 2.19. The molecule has 1 aliphatic rings. The average molecular weight is 275 g/mol. The molecule has 0 aliphatic carbocycles. The second kappa shape index (κ2) is 4.79. The molecule has 1 saturated heterocycles. The molecule has 20 heavy (non-hydrogen) atoms. The summed E-state index contributed by atoms with van der Waals surface area (Å²) in [5.74, 6) is -0.952. The van der Waals surface area contributed by atoms with Gasteiger partial charge in [-0.05, 0) is 25.5 Å². The Hall–Kier alpha value is -2.08. The van der Waals surface area contributed by atoms with Crippen LogP contribution < -0.4 is 4.90 Å². The number of nitrogens with zero attached hydrogens (tertiary/aromatic N) is 3. The number of hydrogen-bond acceptors (Lipinski definition) is 4. The van der Waals surface area contributed by atoms with Crippen LogP contribution in [0.1, 0.15) is 21.7 Å². The molecule has 6 nitrogen and oxygen atoms in total. The van der Waals surface area contributed by atoms with Crippen molar-refractivity contribution in [2.24, 2.45) is 0 Å². The van der Waals surface area contributed by atoms with Gasteiger partial charge in [-0.1, -0.05) is 0 Å². The fourth-order valence-electron chi connectivity index (χ4n) is 2.68. The van der Waals surface area contributed by atoms with Gasteiger partial charge in [0.05, 0.1) is 24.6 Å². The maximum absolute atomic E-state index is 11.4. The van der Waals surface area contributed by atoms with Crippen LogP contribution in [0, 0.1) is 13.8 Å². The van der Waals surface area contributed by atoms with E-state index in [0.29, 0.717) is 24.6 Å². The van der Waals surface area contributed by atoms with Gasteiger partial charge in [0.2, 0.25) is 0 Å². The number of pyridine rings is 1. The number of imidazole rings is 1. The van der Waals surface area contributed by atoms with Crippen molar-refractivity contribution < 1.29 is 14.6 Å². The lowest BCUT2D eigenvalue weighted by molar-refractivity contribution is 0.0688. The van der Waals surface area contributed by atoms with Gasteiger partial charge in [0.15, 0.2) is 5.69 Å². The maximum atomic E-state index is 11.4. The first-order valence-electron chi connectivity index (χ1n) is 6.63. The van der Waals surface area contributed by atoms with Gasteiger partial charge >= 0.3 is 5.97 Å². The van der Waals surface area contributed by atoms with E-state index in [9.17, 15) is 9.90 Å². The number of carbonyl (C=O) groups is 1. The summed E-state index contributed by atoms with van der Waals surface area (Å²) >= 11 is 0. The molecule has 3 rings (SSSR count). The van der Waals surface area contributed by atoms with Gasteiger partial charge in [0.1, 0.15) is 5.65 Å². The van der Waals surface area contributed by atoms with Crippen LogP contribution in [0.4, 0.5) is 5.69 Å². The van der Waals surface area contributed by atoms with Gasteiger partial charge in [0.25, 0.3) is 0 Å². The van der Waals surface area contributed by atoms with Crippen LogP contribution in [0.15, 0.2) is 12.3 Å². The van der Waals surface area contributed by atoms with Gasteiger partial charge in [-0.2, -0.15) is 0 Å². The summed E-state index contributed by atoms with van der Waals surface area (Å²) in [6.07, 6.45) is 1.87. The Morgan fingerprint density at radius 1 is 1.35 bits per heavy atom. The van der Waals surface area contributed by atoms with Crippen molar-refractivity contribution in [3.63, 3.8) is 0 Å². The lowest BCUT2D eigenvalue weighted by atomic mass is 10.2. The number of morpholine rings is 1. The molecule has 0 spiro atoms. The molecule has 6 heteroatoms. The lowest BCUT2D eigenvalue weighted by Gasteiger charge is -2.30. The zero-order valence-electron chi connectivity index (χ0n) is 11.6. The van der Waals surface area contributed by atoms with Crippen LogP contribution in [0.25, 0.3) is 5.65 Å². The standard InChI is InChI=1S/C14H17N3O3/c1-9-7-12-15-10(2)13(14(18)19)17(12)8-11(9)16-3-5-20-6-4-16/h7-8H,3-6H2,1-2H3,(H,18,19). The fraction of sp³-hybridized carbons (Fsp3) is 0.429. The molecule has 0 bridgehead atoms. The number of aromatic nitrogens is 2. The molecular formula is C14H17N3O3. The molecule has 0 amide bonds. The summed E-state index contributed by atoms with van der Waals surface area (Å²) in [5, 5.41) is 9.33. The normalized spacial score (nSPS) is 15.8. The molecule has 0 atom stereocenters. The number of fused-ring (bicyclic) bond motifs is 1. The summed E-state index contributed by atoms with van der Waals surface area (Å²) in [6.45, 7) is 6.79. The number of rotatable bonds is 2. The molecule has 0 radical (unpaired) electrons. The Morgan fingerprint density at radius 3 is 2.70 bits per heavy atom. The number of ether oxygens (including phenoxy) is 1. The Kier molecular flexibility index (Phi) is 3.10. The molecule has 0 saturated carbocycles. The van der Waals surface area contributed by atoms with E-state index in [1.807, 2.05) is 19.2 Å². The zero-order chi connectivity index (χ0) is 14.3. The highest BCUT2D eigenvalue weighted by Crippen LogP contribution is 2.24. The quantitative estimate of drug-likeness (QED) is 0.899. The van der Waals surface area contributed by atoms with E-state index < -0.39 is 5.97 Å². The van der Waals surface area contributed by atoms with Crippen molar-refractivity contribution in [2.75, 3.05) is 31.2 Å². The third kappa shape index (κ3) is 2.02. The first-order valence-corrected chi connectivity index (χ1v) is 6.63. The molecule has 3 heterocycles. The van der Waals surface area contributed by atoms with Crippen LogP contribution in [-0.2, 0) is 4.74 Å². The molecule has 1 N–H and O–H groups in total. The first kappa shape index (κ1) is 12.9. The van der Waals surface area contributed by atoms with Gasteiger partial charge in [0, 0.05) is 19.3 Å². The van der Waals surface area contributed by atoms with E-state index >= 15 is 0 Å². The highest BCUT2D eigenvalue weighted by atomic mass is 16.5. The summed E-state index contributed by atoms with van der Waals surface area (Å²) in [7, 11) is 0. The molecular weight excluding hydrogens is 258 g/mol. The van der Waals surface area contributed by atoms with Gasteiger partial charge in [-0.15, -0.1) is 0 Å². The lowest BCUT2D eigenvalue weighted by Crippen LogP contribution is -2.36. The topological polar surface area (TPSA) is 67.1 Å². The van der Waals surface area contributed by atoms with Crippen LogP contribution in [0.3, 0.4) is 0 Å². The van der Waals surface area contributed by atoms with Crippen molar-refractivity contribution in [3.05, 3.63) is 29.2 Å². The number of aromatic carboxylic acids is 1. The minimum atomic E-state index is -0.952. The third-order valence-corrected chi connectivity index (χ3v) is 3.67. The van der Waals surface area contributed by atoms with Crippen molar-refractivity contribution in [1.29, 1.82) is 0 Å². The Labute approximate surface area is 116 Å². The molecule has 2 aromatic rings. The number of aryl methyl sites for hydroxylation is 2. The minimum Gasteiger partial charge on any atom is -0.477 e. The van der Waals surface area contributed by atoms with Crippen LogP contribution in [0.2, 0.25) is 0 Å². The van der Waals surface area contributed by atoms with E-state index in [0.717, 1.165) is 24.3 Å². The largest absolute Gasteiger partial charge is 0.477 e. The Bertz CT molecular complexity index is 672. The SMILES string of the molecule is Cc1cc2nc(C)c(C(=O)O)n2cc1N1CCOCC1. The number of anilines is 1. The van der Waals surface area contributed by atoms with Crippen LogP contribution in [-0.4, -0.2) is 46.8 Å². The van der Waals surface area contributed by atoms with Gasteiger partial charge < -0.3 is 14.7 Å². The smallest absolute Gasteiger partial charge is 0.354 e. The molecule has 0 unspecified atom stereocenters. The van der Waals surface area contributed by atoms with E-state index in [2.05, 4.69) is 9.88 Å². The zero-order valence-corrected chi connectivity index (χ0v) is 11.6. The van der Waals surface area contributed by atoms with Crippen LogP contribution in [0.5, 0.6) is 0 Å². The first-order chi connectivity index (χ1) is 9.58. The van der Waals surface area contributed by atoms with Crippen LogP contribution >= 0.6 is 0 Å². The molecule has 1 aliphatic heterocycles. The molecule has 106 valence electrons. The fourth-order valence-corrected chi connectivity index (χ4v) is 2.68. The van der Waals surface area contributed by atoms with Gasteiger partial charge in [-0.3, -0.25) is 4.40 Å². The highest BCUT2D eigenvalue weighted by molar-refractivity contribution is 5.88. The van der Waals surface area contributed by atoms with E-state index in [4.69, 9.17) is 4.74 Å². The monoisotopic (exact) mass is 275 g/mol. The molecule has 2 aromatic heterocycles. The van der Waals surface area contributed by atoms with Crippen molar-refractivity contribution in [1.82, 2.24) is 9.38 Å². The number of hydrogen-bond donors (Lipinski definition) is 1. The van der Waals surface area contributed by atoms with Crippen molar-refractivity contribution in [2.45, 2.75) is 13.8 Å². The summed E-state index contributed by atoms with van der Waals surface area (Å²) in [6, 6.07) is 1.93. The summed E-state index contributed by atoms with van der Waals surface area (Å²) in [4.78, 5) is 17.9. The Morgan fingerprint density at radius 2 is 2.05 bits per heavy atom. The predicted molar refractivity (Wildman–Crippen MR) is 74.7 cm³/mol. The van der Waals surface area contributed by atoms with E-state index in [1.54, 1.807) is 11.3 Å². The average Bonchev–Trinajstić information content (AvgIpc) is 2.73.